The highest BCUT2D eigenvalue weighted by atomic mass is 16.5. The lowest BCUT2D eigenvalue weighted by atomic mass is 10.0. The van der Waals surface area contributed by atoms with Gasteiger partial charge in [0.25, 0.3) is 5.91 Å². The third-order valence-corrected chi connectivity index (χ3v) is 4.37. The first-order valence-electron chi connectivity index (χ1n) is 9.08. The van der Waals surface area contributed by atoms with Gasteiger partial charge in [0.1, 0.15) is 5.75 Å². The second kappa shape index (κ2) is 8.52. The molecular weight excluding hydrogens is 354 g/mol. The van der Waals surface area contributed by atoms with Crippen molar-refractivity contribution in [1.82, 2.24) is 9.55 Å². The Morgan fingerprint density at radius 2 is 1.75 bits per heavy atom. The maximum Gasteiger partial charge on any atom is 0.262 e. The zero-order valence-corrected chi connectivity index (χ0v) is 16.2. The molecule has 144 valence electrons. The topological polar surface area (TPSA) is 73.2 Å². The summed E-state index contributed by atoms with van der Waals surface area (Å²) in [5.41, 5.74) is 2.32. The quantitative estimate of drug-likeness (QED) is 0.636. The van der Waals surface area contributed by atoms with Crippen molar-refractivity contribution in [3.63, 3.8) is 0 Å². The fourth-order valence-electron chi connectivity index (χ4n) is 2.71. The van der Waals surface area contributed by atoms with Crippen LogP contribution in [0.25, 0.3) is 0 Å². The van der Waals surface area contributed by atoms with Crippen LogP contribution in [0, 0.1) is 0 Å². The van der Waals surface area contributed by atoms with Gasteiger partial charge in [-0.3, -0.25) is 9.59 Å². The Kier molecular flexibility index (Phi) is 5.89. The van der Waals surface area contributed by atoms with Gasteiger partial charge in [0.15, 0.2) is 12.4 Å². The fourth-order valence-corrected chi connectivity index (χ4v) is 2.71. The molecule has 2 aromatic carbocycles. The van der Waals surface area contributed by atoms with E-state index in [1.54, 1.807) is 48.3 Å². The van der Waals surface area contributed by atoms with Crippen LogP contribution in [0.4, 0.5) is 5.69 Å². The van der Waals surface area contributed by atoms with Gasteiger partial charge in [-0.1, -0.05) is 26.0 Å². The molecule has 3 rings (SSSR count). The van der Waals surface area contributed by atoms with Crippen LogP contribution in [-0.2, 0) is 11.8 Å². The number of aryl methyl sites for hydroxylation is 1. The second-order valence-corrected chi connectivity index (χ2v) is 6.83. The van der Waals surface area contributed by atoms with Crippen LogP contribution in [-0.4, -0.2) is 27.8 Å². The standard InChI is InChI=1S/C22H23N3O3/c1-15(2)16-6-10-19(11-7-16)28-14-20(26)24-18-8-4-17(5-9-18)21(27)22-23-12-13-25(22)3/h4-13,15H,14H2,1-3H3,(H,24,26). The van der Waals surface area contributed by atoms with E-state index in [9.17, 15) is 9.59 Å². The molecule has 0 saturated carbocycles. The van der Waals surface area contributed by atoms with E-state index in [-0.39, 0.29) is 18.3 Å². The molecule has 0 saturated heterocycles. The van der Waals surface area contributed by atoms with Gasteiger partial charge in [-0.2, -0.15) is 0 Å². The van der Waals surface area contributed by atoms with Crippen LogP contribution in [0.1, 0.15) is 41.5 Å². The average Bonchev–Trinajstić information content (AvgIpc) is 3.12. The number of rotatable bonds is 7. The SMILES string of the molecule is CC(C)c1ccc(OCC(=O)Nc2ccc(C(=O)c3nccn3C)cc2)cc1. The fraction of sp³-hybridized carbons (Fsp3) is 0.227. The third kappa shape index (κ3) is 4.65. The molecule has 28 heavy (non-hydrogen) atoms. The van der Waals surface area contributed by atoms with Crippen LogP contribution in [0.5, 0.6) is 5.75 Å². The number of hydrogen-bond acceptors (Lipinski definition) is 4. The molecule has 1 amide bonds. The number of anilines is 1. The van der Waals surface area contributed by atoms with Crippen molar-refractivity contribution in [3.8, 4) is 5.75 Å². The Hall–Kier alpha value is -3.41. The highest BCUT2D eigenvalue weighted by Gasteiger charge is 2.13. The van der Waals surface area contributed by atoms with Gasteiger partial charge in [-0.05, 0) is 47.9 Å². The lowest BCUT2D eigenvalue weighted by molar-refractivity contribution is -0.118. The van der Waals surface area contributed by atoms with Crippen molar-refractivity contribution in [2.75, 3.05) is 11.9 Å². The number of carbonyl (C=O) groups excluding carboxylic acids is 2. The van der Waals surface area contributed by atoms with Crippen LogP contribution >= 0.6 is 0 Å². The number of aromatic nitrogens is 2. The molecule has 1 aromatic heterocycles. The van der Waals surface area contributed by atoms with E-state index < -0.39 is 0 Å². The highest BCUT2D eigenvalue weighted by Crippen LogP contribution is 2.18. The molecule has 0 spiro atoms. The minimum Gasteiger partial charge on any atom is -0.484 e. The van der Waals surface area contributed by atoms with Gasteiger partial charge in [-0.15, -0.1) is 0 Å². The number of imidazole rings is 1. The maximum atomic E-state index is 12.4. The zero-order valence-electron chi connectivity index (χ0n) is 16.2. The molecule has 0 bridgehead atoms. The molecule has 0 unspecified atom stereocenters. The number of benzene rings is 2. The Balaban J connectivity index is 1.54. The van der Waals surface area contributed by atoms with E-state index in [2.05, 4.69) is 24.1 Å². The Morgan fingerprint density at radius 3 is 2.32 bits per heavy atom. The lowest BCUT2D eigenvalue weighted by Crippen LogP contribution is -2.20. The molecular formula is C22H23N3O3. The first kappa shape index (κ1) is 19.4. The molecule has 6 nitrogen and oxygen atoms in total. The summed E-state index contributed by atoms with van der Waals surface area (Å²) in [6.07, 6.45) is 3.30. The number of nitrogens with one attached hydrogen (secondary N) is 1. The average molecular weight is 377 g/mol. The van der Waals surface area contributed by atoms with E-state index in [4.69, 9.17) is 4.74 Å². The monoisotopic (exact) mass is 377 g/mol. The molecule has 0 radical (unpaired) electrons. The maximum absolute atomic E-state index is 12.4. The summed E-state index contributed by atoms with van der Waals surface area (Å²) in [5.74, 6) is 1.03. The van der Waals surface area contributed by atoms with Crippen molar-refractivity contribution in [2.24, 2.45) is 7.05 Å². The van der Waals surface area contributed by atoms with Gasteiger partial charge < -0.3 is 14.6 Å². The summed E-state index contributed by atoms with van der Waals surface area (Å²) in [5, 5.41) is 2.76. The zero-order chi connectivity index (χ0) is 20.1. The van der Waals surface area contributed by atoms with E-state index in [0.717, 1.165) is 0 Å². The smallest absolute Gasteiger partial charge is 0.262 e. The number of carbonyl (C=O) groups is 2. The van der Waals surface area contributed by atoms with E-state index in [1.165, 1.54) is 5.56 Å². The summed E-state index contributed by atoms with van der Waals surface area (Å²) in [4.78, 5) is 28.5. The lowest BCUT2D eigenvalue weighted by Gasteiger charge is -2.10. The molecule has 6 heteroatoms. The summed E-state index contributed by atoms with van der Waals surface area (Å²) in [6, 6.07) is 14.4. The van der Waals surface area contributed by atoms with Gasteiger partial charge in [-0.25, -0.2) is 4.98 Å². The molecule has 1 N–H and O–H groups in total. The molecule has 0 aliphatic rings. The minimum atomic E-state index is -0.267. The van der Waals surface area contributed by atoms with Gasteiger partial charge in [0, 0.05) is 30.7 Å². The molecule has 3 aromatic rings. The van der Waals surface area contributed by atoms with E-state index in [1.807, 2.05) is 24.3 Å². The summed E-state index contributed by atoms with van der Waals surface area (Å²) >= 11 is 0. The molecule has 0 fully saturated rings. The molecule has 1 heterocycles. The number of hydrogen-bond donors (Lipinski definition) is 1. The Bertz CT molecular complexity index is 957. The predicted molar refractivity (Wildman–Crippen MR) is 108 cm³/mol. The van der Waals surface area contributed by atoms with Crippen molar-refractivity contribution < 1.29 is 14.3 Å². The summed E-state index contributed by atoms with van der Waals surface area (Å²) in [7, 11) is 1.77. The van der Waals surface area contributed by atoms with Crippen LogP contribution < -0.4 is 10.1 Å². The van der Waals surface area contributed by atoms with Crippen LogP contribution in [0.15, 0.2) is 60.9 Å². The largest absolute Gasteiger partial charge is 0.484 e. The molecule has 0 atom stereocenters. The van der Waals surface area contributed by atoms with Gasteiger partial charge in [0.05, 0.1) is 0 Å². The summed E-state index contributed by atoms with van der Waals surface area (Å²) in [6.45, 7) is 4.16. The number of amides is 1. The minimum absolute atomic E-state index is 0.0883. The molecule has 0 aliphatic carbocycles. The normalized spacial score (nSPS) is 10.7. The predicted octanol–water partition coefficient (Wildman–Crippen LogP) is 3.79. The number of nitrogens with zero attached hydrogens (tertiary/aromatic N) is 2. The van der Waals surface area contributed by atoms with Crippen LogP contribution in [0.3, 0.4) is 0 Å². The second-order valence-electron chi connectivity index (χ2n) is 6.83. The summed E-state index contributed by atoms with van der Waals surface area (Å²) < 4.78 is 7.19. The van der Waals surface area contributed by atoms with Gasteiger partial charge in [0.2, 0.25) is 5.78 Å². The van der Waals surface area contributed by atoms with E-state index in [0.29, 0.717) is 28.7 Å². The van der Waals surface area contributed by atoms with Crippen molar-refractivity contribution in [3.05, 3.63) is 77.9 Å². The van der Waals surface area contributed by atoms with Crippen molar-refractivity contribution >= 4 is 17.4 Å². The first-order valence-corrected chi connectivity index (χ1v) is 9.08. The number of ether oxygens (including phenoxy) is 1. The van der Waals surface area contributed by atoms with Gasteiger partial charge >= 0.3 is 0 Å². The van der Waals surface area contributed by atoms with Crippen molar-refractivity contribution in [1.29, 1.82) is 0 Å². The first-order chi connectivity index (χ1) is 13.4. The molecule has 0 aliphatic heterocycles. The Morgan fingerprint density at radius 1 is 1.07 bits per heavy atom. The Labute approximate surface area is 164 Å². The van der Waals surface area contributed by atoms with E-state index >= 15 is 0 Å². The highest BCUT2D eigenvalue weighted by molar-refractivity contribution is 6.07. The van der Waals surface area contributed by atoms with Crippen molar-refractivity contribution in [2.45, 2.75) is 19.8 Å². The number of ketones is 1. The van der Waals surface area contributed by atoms with Crippen LogP contribution in [0.2, 0.25) is 0 Å². The third-order valence-electron chi connectivity index (χ3n) is 4.37.